The topological polar surface area (TPSA) is 105 Å². The molecule has 1 atom stereocenters. The van der Waals surface area contributed by atoms with Crippen molar-refractivity contribution in [3.8, 4) is 0 Å². The fourth-order valence-corrected chi connectivity index (χ4v) is 4.74. The van der Waals surface area contributed by atoms with Gasteiger partial charge in [0, 0.05) is 42.4 Å². The maximum atomic E-state index is 13.5. The highest BCUT2D eigenvalue weighted by Crippen LogP contribution is 2.19. The summed E-state index contributed by atoms with van der Waals surface area (Å²) < 4.78 is 19.1. The van der Waals surface area contributed by atoms with E-state index in [1.807, 2.05) is 17.5 Å². The van der Waals surface area contributed by atoms with Crippen LogP contribution >= 0.6 is 11.3 Å². The fraction of sp³-hybridized carbons (Fsp3) is 0.308. The number of nitrogens with zero attached hydrogens (tertiary/aromatic N) is 3. The molecule has 1 N–H and O–H groups in total. The number of non-ortho nitro benzene ring substituents is 1. The zero-order chi connectivity index (χ0) is 26.2. The third-order valence-corrected chi connectivity index (χ3v) is 6.82. The van der Waals surface area contributed by atoms with E-state index >= 15 is 0 Å². The molecule has 1 aliphatic heterocycles. The Balaban J connectivity index is 1.50. The number of nitro benzene ring substituents is 1. The van der Waals surface area contributed by atoms with E-state index in [1.165, 1.54) is 52.6 Å². The Hall–Kier alpha value is -3.83. The van der Waals surface area contributed by atoms with Gasteiger partial charge in [-0.25, -0.2) is 9.18 Å². The number of hydrogen-bond acceptors (Lipinski definition) is 6. The normalized spacial score (nSPS) is 14.8. The monoisotopic (exact) mass is 526 g/mol. The highest BCUT2D eigenvalue weighted by molar-refractivity contribution is 7.09. The van der Waals surface area contributed by atoms with E-state index in [-0.39, 0.29) is 43.2 Å². The van der Waals surface area contributed by atoms with E-state index in [9.17, 15) is 24.1 Å². The molecule has 1 aromatic heterocycles. The molecule has 0 aliphatic carbocycles. The molecule has 3 aromatic rings. The molecule has 1 aliphatic rings. The first-order valence-electron chi connectivity index (χ1n) is 11.8. The Labute approximate surface area is 217 Å². The summed E-state index contributed by atoms with van der Waals surface area (Å²) in [6.07, 6.45) is 1.48. The molecule has 2 aromatic carbocycles. The van der Waals surface area contributed by atoms with Gasteiger partial charge in [-0.3, -0.25) is 14.9 Å². The largest absolute Gasteiger partial charge is 0.376 e. The summed E-state index contributed by atoms with van der Waals surface area (Å²) in [5, 5.41) is 15.6. The number of benzene rings is 2. The second-order valence-corrected chi connectivity index (χ2v) is 9.74. The van der Waals surface area contributed by atoms with Crippen LogP contribution in [0.15, 0.2) is 66.0 Å². The number of ether oxygens (including phenoxy) is 1. The minimum absolute atomic E-state index is 0.0885. The number of carbonyl (C=O) groups is 2. The van der Waals surface area contributed by atoms with Crippen molar-refractivity contribution in [1.29, 1.82) is 0 Å². The van der Waals surface area contributed by atoms with Gasteiger partial charge in [0.25, 0.3) is 5.69 Å². The van der Waals surface area contributed by atoms with E-state index < -0.39 is 11.0 Å². The molecular weight excluding hydrogens is 499 g/mol. The van der Waals surface area contributed by atoms with Crippen molar-refractivity contribution in [1.82, 2.24) is 9.80 Å². The maximum Gasteiger partial charge on any atom is 0.322 e. The van der Waals surface area contributed by atoms with Gasteiger partial charge in [-0.15, -0.1) is 11.3 Å². The van der Waals surface area contributed by atoms with E-state index in [4.69, 9.17) is 4.74 Å². The first-order valence-corrected chi connectivity index (χ1v) is 12.7. The van der Waals surface area contributed by atoms with Crippen LogP contribution in [0.2, 0.25) is 0 Å². The Morgan fingerprint density at radius 3 is 2.46 bits per heavy atom. The van der Waals surface area contributed by atoms with Gasteiger partial charge >= 0.3 is 6.03 Å². The number of nitrogens with one attached hydrogen (secondary N) is 1. The lowest BCUT2D eigenvalue weighted by Gasteiger charge is -2.29. The van der Waals surface area contributed by atoms with Crippen molar-refractivity contribution < 1.29 is 23.6 Å². The molecule has 0 spiro atoms. The van der Waals surface area contributed by atoms with E-state index in [1.54, 1.807) is 17.0 Å². The van der Waals surface area contributed by atoms with Gasteiger partial charge in [0.05, 0.1) is 17.6 Å². The third kappa shape index (κ3) is 7.58. The second-order valence-electron chi connectivity index (χ2n) is 8.71. The van der Waals surface area contributed by atoms with Crippen LogP contribution in [0, 0.1) is 15.9 Å². The molecule has 9 nitrogen and oxygen atoms in total. The zero-order valence-corrected chi connectivity index (χ0v) is 20.9. The lowest BCUT2D eigenvalue weighted by molar-refractivity contribution is -0.384. The summed E-state index contributed by atoms with van der Waals surface area (Å²) in [7, 11) is 0. The van der Waals surface area contributed by atoms with Crippen molar-refractivity contribution in [3.63, 3.8) is 0 Å². The standard InChI is InChI=1S/C26H27FN4O5S/c27-20-7-5-19(6-8-20)15-29(17-24-4-2-14-37-24)25(32)18-30(16-23-3-1-13-36-23)26(33)28-21-9-11-22(12-10-21)31(34)35/h2,4-12,14,23H,1,3,13,15-18H2,(H,28,33). The van der Waals surface area contributed by atoms with Gasteiger partial charge in [0.2, 0.25) is 5.91 Å². The Bertz CT molecular complexity index is 1200. The van der Waals surface area contributed by atoms with Crippen LogP contribution in [0.5, 0.6) is 0 Å². The van der Waals surface area contributed by atoms with Gasteiger partial charge in [0.15, 0.2) is 0 Å². The van der Waals surface area contributed by atoms with Crippen LogP contribution in [0.25, 0.3) is 0 Å². The summed E-state index contributed by atoms with van der Waals surface area (Å²) in [6.45, 7) is 1.26. The Morgan fingerprint density at radius 2 is 1.84 bits per heavy atom. The molecule has 2 heterocycles. The first kappa shape index (κ1) is 26.2. The minimum Gasteiger partial charge on any atom is -0.376 e. The number of thiophene rings is 1. The average molecular weight is 527 g/mol. The molecule has 0 saturated carbocycles. The maximum absolute atomic E-state index is 13.5. The van der Waals surface area contributed by atoms with Crippen molar-refractivity contribution in [2.24, 2.45) is 0 Å². The molecule has 1 saturated heterocycles. The van der Waals surface area contributed by atoms with Gasteiger partial charge in [0.1, 0.15) is 12.4 Å². The number of nitro groups is 1. The number of carbonyl (C=O) groups excluding carboxylic acids is 2. The van der Waals surface area contributed by atoms with Gasteiger partial charge in [-0.1, -0.05) is 18.2 Å². The number of rotatable bonds is 10. The molecule has 11 heteroatoms. The van der Waals surface area contributed by atoms with Crippen LogP contribution in [0.4, 0.5) is 20.6 Å². The smallest absolute Gasteiger partial charge is 0.322 e. The summed E-state index contributed by atoms with van der Waals surface area (Å²) in [5.74, 6) is -0.625. The second kappa shape index (κ2) is 12.4. The Kier molecular flexibility index (Phi) is 8.81. The summed E-state index contributed by atoms with van der Waals surface area (Å²) in [5.41, 5.74) is 1.06. The summed E-state index contributed by atoms with van der Waals surface area (Å²) in [4.78, 5) is 41.2. The molecule has 1 unspecified atom stereocenters. The highest BCUT2D eigenvalue weighted by atomic mass is 32.1. The lowest BCUT2D eigenvalue weighted by atomic mass is 10.2. The zero-order valence-electron chi connectivity index (χ0n) is 20.0. The van der Waals surface area contributed by atoms with E-state index in [0.717, 1.165) is 23.3 Å². The molecule has 4 rings (SSSR count). The van der Waals surface area contributed by atoms with E-state index in [0.29, 0.717) is 18.8 Å². The van der Waals surface area contributed by atoms with Crippen molar-refractivity contribution >= 4 is 34.6 Å². The molecule has 1 fully saturated rings. The van der Waals surface area contributed by atoms with Gasteiger partial charge in [-0.2, -0.15) is 0 Å². The predicted molar refractivity (Wildman–Crippen MR) is 138 cm³/mol. The first-order chi connectivity index (χ1) is 17.9. The number of hydrogen-bond donors (Lipinski definition) is 1. The third-order valence-electron chi connectivity index (χ3n) is 5.96. The lowest BCUT2D eigenvalue weighted by Crippen LogP contribution is -2.46. The molecule has 194 valence electrons. The quantitative estimate of drug-likeness (QED) is 0.294. The number of halogens is 1. The van der Waals surface area contributed by atoms with Crippen molar-refractivity contribution in [3.05, 3.63) is 92.4 Å². The van der Waals surface area contributed by atoms with Crippen molar-refractivity contribution in [2.75, 3.05) is 25.0 Å². The van der Waals surface area contributed by atoms with Crippen LogP contribution in [-0.4, -0.2) is 52.5 Å². The predicted octanol–water partition coefficient (Wildman–Crippen LogP) is 5.04. The van der Waals surface area contributed by atoms with E-state index in [2.05, 4.69) is 5.32 Å². The minimum atomic E-state index is -0.517. The molecular formula is C26H27FN4O5S. The van der Waals surface area contributed by atoms with Crippen LogP contribution in [0.1, 0.15) is 23.3 Å². The highest BCUT2D eigenvalue weighted by Gasteiger charge is 2.27. The SMILES string of the molecule is O=C(CN(CC1CCCO1)C(=O)Nc1ccc([N+](=O)[O-])cc1)N(Cc1ccc(F)cc1)Cc1cccs1. The number of amides is 3. The summed E-state index contributed by atoms with van der Waals surface area (Å²) in [6, 6.07) is 14.8. The molecule has 3 amide bonds. The Morgan fingerprint density at radius 1 is 1.08 bits per heavy atom. The molecule has 37 heavy (non-hydrogen) atoms. The number of urea groups is 1. The van der Waals surface area contributed by atoms with Crippen LogP contribution in [-0.2, 0) is 22.6 Å². The molecule has 0 radical (unpaired) electrons. The fourth-order valence-electron chi connectivity index (χ4n) is 4.02. The number of anilines is 1. The average Bonchev–Trinajstić information content (AvgIpc) is 3.59. The van der Waals surface area contributed by atoms with Gasteiger partial charge in [-0.05, 0) is 54.1 Å². The summed E-state index contributed by atoms with van der Waals surface area (Å²) >= 11 is 1.52. The van der Waals surface area contributed by atoms with Crippen LogP contribution < -0.4 is 5.32 Å². The van der Waals surface area contributed by atoms with Crippen LogP contribution in [0.3, 0.4) is 0 Å². The van der Waals surface area contributed by atoms with Crippen molar-refractivity contribution in [2.45, 2.75) is 32.0 Å². The van der Waals surface area contributed by atoms with Gasteiger partial charge < -0.3 is 19.9 Å². The molecule has 0 bridgehead atoms.